The van der Waals surface area contributed by atoms with E-state index in [9.17, 15) is 14.4 Å². The number of anilines is 1. The van der Waals surface area contributed by atoms with Gasteiger partial charge in [0.1, 0.15) is 11.3 Å². The van der Waals surface area contributed by atoms with E-state index in [1.807, 2.05) is 30.5 Å². The van der Waals surface area contributed by atoms with Crippen LogP contribution in [-0.4, -0.2) is 41.2 Å². The molecule has 8 nitrogen and oxygen atoms in total. The maximum Gasteiger partial charge on any atom is 0.338 e. The van der Waals surface area contributed by atoms with Gasteiger partial charge in [0.05, 0.1) is 25.0 Å². The second kappa shape index (κ2) is 10.2. The molecule has 0 saturated carbocycles. The molecular weight excluding hydrogens is 478 g/mol. The minimum atomic E-state index is -0.578. The van der Waals surface area contributed by atoms with Crippen LogP contribution in [0.2, 0.25) is 0 Å². The Labute approximate surface area is 214 Å². The molecule has 0 spiro atoms. The maximum absolute atomic E-state index is 13.5. The summed E-state index contributed by atoms with van der Waals surface area (Å²) in [6.07, 6.45) is 1.55. The van der Waals surface area contributed by atoms with E-state index in [0.29, 0.717) is 22.6 Å². The van der Waals surface area contributed by atoms with Crippen molar-refractivity contribution < 1.29 is 23.9 Å². The lowest BCUT2D eigenvalue weighted by Gasteiger charge is -2.29. The van der Waals surface area contributed by atoms with Crippen LogP contribution in [0.25, 0.3) is 11.8 Å². The first-order chi connectivity index (χ1) is 17.3. The molecule has 0 atom stereocenters. The second-order valence-corrected chi connectivity index (χ2v) is 8.45. The highest BCUT2D eigenvalue weighted by molar-refractivity contribution is 7.80. The number of para-hydroxylation sites is 2. The molecule has 2 heterocycles. The zero-order valence-corrected chi connectivity index (χ0v) is 21.1. The van der Waals surface area contributed by atoms with Gasteiger partial charge in [0.15, 0.2) is 5.11 Å². The Kier molecular flexibility index (Phi) is 7.03. The van der Waals surface area contributed by atoms with Gasteiger partial charge in [-0.2, -0.15) is 0 Å². The summed E-state index contributed by atoms with van der Waals surface area (Å²) in [5, 5.41) is 2.58. The number of nitrogens with one attached hydrogen (secondary N) is 1. The first-order valence-corrected chi connectivity index (χ1v) is 11.7. The lowest BCUT2D eigenvalue weighted by molar-refractivity contribution is -0.122. The average molecular weight is 504 g/mol. The quantitative estimate of drug-likeness (QED) is 0.236. The number of aromatic nitrogens is 1. The number of esters is 1. The number of rotatable bonds is 6. The molecule has 1 aliphatic heterocycles. The second-order valence-electron chi connectivity index (χ2n) is 8.06. The zero-order chi connectivity index (χ0) is 26.0. The Morgan fingerprint density at radius 1 is 1.08 bits per heavy atom. The van der Waals surface area contributed by atoms with Crippen LogP contribution >= 0.6 is 12.2 Å². The van der Waals surface area contributed by atoms with Gasteiger partial charge < -0.3 is 14.0 Å². The van der Waals surface area contributed by atoms with E-state index < -0.39 is 17.8 Å². The van der Waals surface area contributed by atoms with Crippen LogP contribution in [0, 0.1) is 13.8 Å². The van der Waals surface area contributed by atoms with Crippen molar-refractivity contribution in [2.45, 2.75) is 20.8 Å². The number of thiocarbonyl (C=S) groups is 1. The molecule has 3 aromatic rings. The smallest absolute Gasteiger partial charge is 0.338 e. The Morgan fingerprint density at radius 3 is 2.56 bits per heavy atom. The van der Waals surface area contributed by atoms with Crippen molar-refractivity contribution in [2.24, 2.45) is 0 Å². The number of aryl methyl sites for hydroxylation is 1. The molecule has 2 aromatic carbocycles. The zero-order valence-electron chi connectivity index (χ0n) is 20.3. The Balaban J connectivity index is 1.75. The molecule has 4 rings (SSSR count). The van der Waals surface area contributed by atoms with E-state index in [2.05, 4.69) is 5.32 Å². The predicted molar refractivity (Wildman–Crippen MR) is 140 cm³/mol. The van der Waals surface area contributed by atoms with Gasteiger partial charge in [-0.3, -0.25) is 14.9 Å². The first-order valence-electron chi connectivity index (χ1n) is 11.3. The lowest BCUT2D eigenvalue weighted by atomic mass is 10.1. The van der Waals surface area contributed by atoms with Crippen LogP contribution < -0.4 is 15.0 Å². The van der Waals surface area contributed by atoms with Gasteiger partial charge in [0, 0.05) is 17.1 Å². The number of nitrogens with zero attached hydrogens (tertiary/aromatic N) is 2. The Hall–Kier alpha value is -4.24. The first kappa shape index (κ1) is 24.9. The number of carbonyl (C=O) groups is 3. The Morgan fingerprint density at radius 2 is 1.83 bits per heavy atom. The summed E-state index contributed by atoms with van der Waals surface area (Å²) < 4.78 is 12.4. The van der Waals surface area contributed by atoms with E-state index in [4.69, 9.17) is 21.7 Å². The third kappa shape index (κ3) is 4.52. The fourth-order valence-corrected chi connectivity index (χ4v) is 4.44. The normalized spacial score (nSPS) is 14.7. The van der Waals surface area contributed by atoms with Crippen LogP contribution in [-0.2, 0) is 14.3 Å². The molecule has 0 bridgehead atoms. The fraction of sp³-hybridized carbons (Fsp3) is 0.185. The third-order valence-corrected chi connectivity index (χ3v) is 6.10. The van der Waals surface area contributed by atoms with Gasteiger partial charge in [-0.05, 0) is 81.0 Å². The van der Waals surface area contributed by atoms with Crippen molar-refractivity contribution in [1.29, 1.82) is 0 Å². The highest BCUT2D eigenvalue weighted by Crippen LogP contribution is 2.31. The Bertz CT molecular complexity index is 1420. The molecule has 2 amide bonds. The standard InChI is InChI=1S/C27H25N3O5S/c1-5-35-26(33)18-9-8-10-20(14-18)29-16(2)13-19(17(29)3)15-21-24(31)28-27(36)30(25(21)32)22-11-6-7-12-23(22)34-4/h6-15H,5H2,1-4H3,(H,28,31,36)/b21-15+. The summed E-state index contributed by atoms with van der Waals surface area (Å²) in [4.78, 5) is 39.7. The fourth-order valence-electron chi connectivity index (χ4n) is 4.16. The van der Waals surface area contributed by atoms with Crippen molar-refractivity contribution in [3.63, 3.8) is 0 Å². The topological polar surface area (TPSA) is 89.9 Å². The summed E-state index contributed by atoms with van der Waals surface area (Å²) in [5.41, 5.74) is 3.90. The summed E-state index contributed by atoms with van der Waals surface area (Å²) in [6.45, 7) is 5.83. The van der Waals surface area contributed by atoms with E-state index in [1.165, 1.54) is 12.0 Å². The van der Waals surface area contributed by atoms with Crippen LogP contribution in [0.3, 0.4) is 0 Å². The van der Waals surface area contributed by atoms with E-state index in [0.717, 1.165) is 17.1 Å². The van der Waals surface area contributed by atoms with Crippen LogP contribution in [0.4, 0.5) is 5.69 Å². The van der Waals surface area contributed by atoms with Gasteiger partial charge in [-0.15, -0.1) is 0 Å². The predicted octanol–water partition coefficient (Wildman–Crippen LogP) is 4.11. The number of hydrogen-bond donors (Lipinski definition) is 1. The number of ether oxygens (including phenoxy) is 2. The van der Waals surface area contributed by atoms with Crippen LogP contribution in [0.15, 0.2) is 60.2 Å². The van der Waals surface area contributed by atoms with Crippen molar-refractivity contribution in [3.05, 3.63) is 82.7 Å². The van der Waals surface area contributed by atoms with Gasteiger partial charge in [-0.25, -0.2) is 9.69 Å². The number of carbonyl (C=O) groups excluding carboxylic acids is 3. The number of methoxy groups -OCH3 is 1. The highest BCUT2D eigenvalue weighted by atomic mass is 32.1. The third-order valence-electron chi connectivity index (χ3n) is 5.81. The molecule has 0 radical (unpaired) electrons. The number of amides is 2. The van der Waals surface area contributed by atoms with Crippen LogP contribution in [0.1, 0.15) is 34.2 Å². The molecule has 184 valence electrons. The summed E-state index contributed by atoms with van der Waals surface area (Å²) in [7, 11) is 1.50. The van der Waals surface area contributed by atoms with Crippen molar-refractivity contribution in [2.75, 3.05) is 18.6 Å². The maximum atomic E-state index is 13.5. The van der Waals surface area contributed by atoms with Crippen molar-refractivity contribution in [1.82, 2.24) is 9.88 Å². The largest absolute Gasteiger partial charge is 0.495 e. The molecule has 1 aromatic heterocycles. The molecule has 1 aliphatic rings. The summed E-state index contributed by atoms with van der Waals surface area (Å²) >= 11 is 5.30. The highest BCUT2D eigenvalue weighted by Gasteiger charge is 2.36. The minimum absolute atomic E-state index is 0.0205. The molecular formula is C27H25N3O5S. The summed E-state index contributed by atoms with van der Waals surface area (Å²) in [6, 6.07) is 15.9. The van der Waals surface area contributed by atoms with E-state index in [-0.39, 0.29) is 17.3 Å². The van der Waals surface area contributed by atoms with Gasteiger partial charge in [-0.1, -0.05) is 18.2 Å². The van der Waals surface area contributed by atoms with E-state index >= 15 is 0 Å². The molecule has 9 heteroatoms. The molecule has 1 saturated heterocycles. The minimum Gasteiger partial charge on any atom is -0.495 e. The monoisotopic (exact) mass is 503 g/mol. The molecule has 1 N–H and O–H groups in total. The number of hydrogen-bond acceptors (Lipinski definition) is 6. The van der Waals surface area contributed by atoms with Gasteiger partial charge in [0.2, 0.25) is 0 Å². The average Bonchev–Trinajstić information content (AvgIpc) is 3.14. The number of benzene rings is 2. The molecule has 36 heavy (non-hydrogen) atoms. The lowest BCUT2D eigenvalue weighted by Crippen LogP contribution is -2.54. The van der Waals surface area contributed by atoms with Crippen molar-refractivity contribution in [3.8, 4) is 11.4 Å². The molecule has 1 fully saturated rings. The van der Waals surface area contributed by atoms with E-state index in [1.54, 1.807) is 55.5 Å². The van der Waals surface area contributed by atoms with Gasteiger partial charge in [0.25, 0.3) is 11.8 Å². The molecule has 0 unspecified atom stereocenters. The van der Waals surface area contributed by atoms with Crippen LogP contribution in [0.5, 0.6) is 5.75 Å². The SMILES string of the molecule is CCOC(=O)c1cccc(-n2c(C)cc(/C=C3\C(=O)NC(=S)N(c4ccccc4OC)C3=O)c2C)c1. The van der Waals surface area contributed by atoms with Crippen molar-refractivity contribution >= 4 is 46.9 Å². The molecule has 0 aliphatic carbocycles. The van der Waals surface area contributed by atoms with Gasteiger partial charge >= 0.3 is 5.97 Å². The summed E-state index contributed by atoms with van der Waals surface area (Å²) in [5.74, 6) is -1.09.